The van der Waals surface area contributed by atoms with Gasteiger partial charge in [0, 0.05) is 5.92 Å². The summed E-state index contributed by atoms with van der Waals surface area (Å²) in [5.74, 6) is -0.769. The Bertz CT molecular complexity index is 990. The van der Waals surface area contributed by atoms with Gasteiger partial charge in [-0.05, 0) is 36.1 Å². The van der Waals surface area contributed by atoms with E-state index in [4.69, 9.17) is 9.47 Å². The fourth-order valence-electron chi connectivity index (χ4n) is 3.48. The van der Waals surface area contributed by atoms with Crippen LogP contribution in [-0.4, -0.2) is 25.5 Å². The Labute approximate surface area is 164 Å². The molecule has 0 bridgehead atoms. The number of amides is 2. The lowest BCUT2D eigenvalue weighted by atomic mass is 10.1. The number of hydrogen-bond donors (Lipinski definition) is 2. The number of carbonyl (C=O) groups is 2. The van der Waals surface area contributed by atoms with Crippen LogP contribution in [0.25, 0.3) is 0 Å². The molecule has 29 heavy (non-hydrogen) atoms. The van der Waals surface area contributed by atoms with Crippen LogP contribution in [-0.2, 0) is 15.8 Å². The number of nitrogens with one attached hydrogen (secondary N) is 2. The Morgan fingerprint density at radius 3 is 2.76 bits per heavy atom. The van der Waals surface area contributed by atoms with Crippen LogP contribution in [0.5, 0.6) is 11.5 Å². The van der Waals surface area contributed by atoms with Crippen molar-refractivity contribution in [1.29, 1.82) is 0 Å². The minimum absolute atomic E-state index is 0.0143. The van der Waals surface area contributed by atoms with Gasteiger partial charge < -0.3 is 20.1 Å². The van der Waals surface area contributed by atoms with Crippen LogP contribution in [0.2, 0.25) is 0 Å². The van der Waals surface area contributed by atoms with Crippen LogP contribution in [0.15, 0.2) is 36.4 Å². The molecule has 2 amide bonds. The SMILES string of the molecule is COc1ccccc1[C@H]1C[C@@H]1C(=O)Nc1cc(C(F)(F)F)cc2c1OCC(=O)N2. The van der Waals surface area contributed by atoms with Crippen molar-refractivity contribution < 1.29 is 32.2 Å². The summed E-state index contributed by atoms with van der Waals surface area (Å²) in [6.45, 7) is -0.339. The third-order valence-electron chi connectivity index (χ3n) is 4.96. The van der Waals surface area contributed by atoms with Crippen LogP contribution in [0.3, 0.4) is 0 Å². The molecule has 2 aliphatic rings. The molecule has 1 fully saturated rings. The number of methoxy groups -OCH3 is 1. The molecule has 1 saturated carbocycles. The van der Waals surface area contributed by atoms with E-state index >= 15 is 0 Å². The Morgan fingerprint density at radius 1 is 1.28 bits per heavy atom. The number of carbonyl (C=O) groups excluding carboxylic acids is 2. The summed E-state index contributed by atoms with van der Waals surface area (Å²) in [5.41, 5.74) is -0.354. The van der Waals surface area contributed by atoms with Gasteiger partial charge in [0.2, 0.25) is 5.91 Å². The normalized spacial score (nSPS) is 20.2. The fraction of sp³-hybridized carbons (Fsp3) is 0.300. The molecule has 6 nitrogen and oxygen atoms in total. The van der Waals surface area contributed by atoms with Crippen LogP contribution < -0.4 is 20.1 Å². The van der Waals surface area contributed by atoms with E-state index in [-0.39, 0.29) is 29.6 Å². The van der Waals surface area contributed by atoms with E-state index in [9.17, 15) is 22.8 Å². The molecule has 1 aliphatic carbocycles. The Balaban J connectivity index is 1.59. The molecule has 4 rings (SSSR count). The van der Waals surface area contributed by atoms with Crippen molar-refractivity contribution in [3.8, 4) is 11.5 Å². The van der Waals surface area contributed by atoms with E-state index in [2.05, 4.69) is 10.6 Å². The third kappa shape index (κ3) is 3.72. The molecule has 2 aromatic rings. The van der Waals surface area contributed by atoms with Gasteiger partial charge in [0.15, 0.2) is 12.4 Å². The van der Waals surface area contributed by atoms with Gasteiger partial charge in [-0.15, -0.1) is 0 Å². The lowest BCUT2D eigenvalue weighted by molar-refractivity contribution is -0.137. The molecular weight excluding hydrogens is 389 g/mol. The largest absolute Gasteiger partial charge is 0.496 e. The average Bonchev–Trinajstić information content (AvgIpc) is 3.47. The maximum atomic E-state index is 13.2. The molecule has 1 heterocycles. The zero-order valence-electron chi connectivity index (χ0n) is 15.3. The number of halogens is 3. The van der Waals surface area contributed by atoms with Gasteiger partial charge in [-0.25, -0.2) is 0 Å². The molecule has 0 radical (unpaired) electrons. The monoisotopic (exact) mass is 406 g/mol. The first kappa shape index (κ1) is 19.1. The summed E-state index contributed by atoms with van der Waals surface area (Å²) in [4.78, 5) is 24.2. The van der Waals surface area contributed by atoms with Crippen molar-refractivity contribution in [2.75, 3.05) is 24.4 Å². The first-order valence-corrected chi connectivity index (χ1v) is 8.89. The Morgan fingerprint density at radius 2 is 2.03 bits per heavy atom. The lowest BCUT2D eigenvalue weighted by Gasteiger charge is -2.23. The van der Waals surface area contributed by atoms with Crippen molar-refractivity contribution >= 4 is 23.2 Å². The van der Waals surface area contributed by atoms with Gasteiger partial charge in [0.05, 0.1) is 24.0 Å². The molecule has 1 aliphatic heterocycles. The van der Waals surface area contributed by atoms with Crippen molar-refractivity contribution in [3.63, 3.8) is 0 Å². The molecule has 0 unspecified atom stereocenters. The summed E-state index contributed by atoms with van der Waals surface area (Å²) >= 11 is 0. The summed E-state index contributed by atoms with van der Waals surface area (Å²) < 4.78 is 50.3. The first-order valence-electron chi connectivity index (χ1n) is 8.89. The lowest BCUT2D eigenvalue weighted by Crippen LogP contribution is -2.27. The molecule has 0 spiro atoms. The molecule has 0 saturated heterocycles. The quantitative estimate of drug-likeness (QED) is 0.810. The third-order valence-corrected chi connectivity index (χ3v) is 4.96. The van der Waals surface area contributed by atoms with E-state index < -0.39 is 29.5 Å². The predicted octanol–water partition coefficient (Wildman–Crippen LogP) is 3.79. The number of para-hydroxylation sites is 1. The van der Waals surface area contributed by atoms with E-state index in [1.807, 2.05) is 18.2 Å². The predicted molar refractivity (Wildman–Crippen MR) is 98.0 cm³/mol. The molecule has 0 aromatic heterocycles. The van der Waals surface area contributed by atoms with Gasteiger partial charge in [-0.3, -0.25) is 9.59 Å². The second-order valence-electron chi connectivity index (χ2n) is 6.91. The maximum Gasteiger partial charge on any atom is 0.416 e. The Kier molecular flexibility index (Phi) is 4.60. The molecular formula is C20H17F3N2O4. The van der Waals surface area contributed by atoms with Gasteiger partial charge in [0.25, 0.3) is 5.91 Å². The first-order chi connectivity index (χ1) is 13.8. The van der Waals surface area contributed by atoms with E-state index in [0.717, 1.165) is 17.7 Å². The van der Waals surface area contributed by atoms with Gasteiger partial charge in [-0.1, -0.05) is 18.2 Å². The molecule has 9 heteroatoms. The number of alkyl halides is 3. The summed E-state index contributed by atoms with van der Waals surface area (Å²) in [6.07, 6.45) is -4.08. The Hall–Kier alpha value is -3.23. The van der Waals surface area contributed by atoms with Crippen LogP contribution in [0.1, 0.15) is 23.5 Å². The van der Waals surface area contributed by atoms with Crippen molar-refractivity contribution in [2.45, 2.75) is 18.5 Å². The highest BCUT2D eigenvalue weighted by Gasteiger charge is 2.45. The van der Waals surface area contributed by atoms with Crippen molar-refractivity contribution in [3.05, 3.63) is 47.5 Å². The van der Waals surface area contributed by atoms with E-state index in [1.54, 1.807) is 6.07 Å². The number of hydrogen-bond acceptors (Lipinski definition) is 4. The molecule has 2 atom stereocenters. The summed E-state index contributed by atoms with van der Waals surface area (Å²) in [6, 6.07) is 8.92. The highest BCUT2D eigenvalue weighted by Crippen LogP contribution is 2.51. The standard InChI is InChI=1S/C20H17F3N2O4/c1-28-16-5-3-2-4-11(16)12-8-13(12)19(27)25-15-7-10(20(21,22)23)6-14-18(15)29-9-17(26)24-14/h2-7,12-13H,8-9H2,1H3,(H,24,26)(H,25,27)/t12-,13+/m1/s1. The van der Waals surface area contributed by atoms with Gasteiger partial charge in [-0.2, -0.15) is 13.2 Å². The maximum absolute atomic E-state index is 13.2. The topological polar surface area (TPSA) is 76.7 Å². The van der Waals surface area contributed by atoms with Crippen molar-refractivity contribution in [1.82, 2.24) is 0 Å². The second-order valence-corrected chi connectivity index (χ2v) is 6.91. The van der Waals surface area contributed by atoms with Crippen LogP contribution >= 0.6 is 0 Å². The van der Waals surface area contributed by atoms with Crippen molar-refractivity contribution in [2.24, 2.45) is 5.92 Å². The summed E-state index contributed by atoms with van der Waals surface area (Å²) in [5, 5.41) is 4.89. The highest BCUT2D eigenvalue weighted by atomic mass is 19.4. The van der Waals surface area contributed by atoms with E-state index in [0.29, 0.717) is 12.2 Å². The molecule has 152 valence electrons. The summed E-state index contributed by atoms with van der Waals surface area (Å²) in [7, 11) is 1.54. The number of benzene rings is 2. The highest BCUT2D eigenvalue weighted by molar-refractivity contribution is 6.01. The smallest absolute Gasteiger partial charge is 0.416 e. The number of rotatable bonds is 4. The molecule has 2 aromatic carbocycles. The van der Waals surface area contributed by atoms with Crippen LogP contribution in [0.4, 0.5) is 24.5 Å². The zero-order chi connectivity index (χ0) is 20.8. The number of fused-ring (bicyclic) bond motifs is 1. The van der Waals surface area contributed by atoms with Gasteiger partial charge >= 0.3 is 6.18 Å². The number of anilines is 2. The minimum Gasteiger partial charge on any atom is -0.496 e. The average molecular weight is 406 g/mol. The minimum atomic E-state index is -4.64. The second kappa shape index (κ2) is 6.98. The van der Waals surface area contributed by atoms with E-state index in [1.165, 1.54) is 7.11 Å². The fourth-order valence-corrected chi connectivity index (χ4v) is 3.48. The number of ether oxygens (including phenoxy) is 2. The zero-order valence-corrected chi connectivity index (χ0v) is 15.3. The van der Waals surface area contributed by atoms with Crippen LogP contribution in [0, 0.1) is 5.92 Å². The van der Waals surface area contributed by atoms with Gasteiger partial charge in [0.1, 0.15) is 5.75 Å². The molecule has 2 N–H and O–H groups in total.